The molecule has 1 heterocycles. The van der Waals surface area contributed by atoms with Crippen LogP contribution >= 0.6 is 0 Å². The molecule has 1 aliphatic rings. The molecule has 4 nitrogen and oxygen atoms in total. The molecule has 0 radical (unpaired) electrons. The van der Waals surface area contributed by atoms with Crippen LogP contribution in [0.15, 0.2) is 0 Å². The van der Waals surface area contributed by atoms with Gasteiger partial charge < -0.3 is 9.31 Å². The minimum absolute atomic E-state index is 0.729. The quantitative estimate of drug-likeness (QED) is 0.327. The molecule has 7 heteroatoms. The minimum atomic E-state index is -4.13. The summed E-state index contributed by atoms with van der Waals surface area (Å²) in [5.74, 6) is -7.84. The van der Waals surface area contributed by atoms with E-state index in [4.69, 9.17) is 0 Å². The topological polar surface area (TPSA) is 52.6 Å². The van der Waals surface area contributed by atoms with Gasteiger partial charge in [0.05, 0.1) is 0 Å². The molecule has 0 aromatic carbocycles. The standard InChI is InChI=1S/C3HBF2O4/c5-3(6)1(7)9-4-10-2(3)8/h4H. The summed E-state index contributed by atoms with van der Waals surface area (Å²) in [4.78, 5) is 20.1. The van der Waals surface area contributed by atoms with Crippen LogP contribution in [0.3, 0.4) is 0 Å². The zero-order valence-electron chi connectivity index (χ0n) is 4.60. The first kappa shape index (κ1) is 6.98. The van der Waals surface area contributed by atoms with E-state index < -0.39 is 25.5 Å². The minimum Gasteiger partial charge on any atom is -0.497 e. The van der Waals surface area contributed by atoms with Crippen molar-refractivity contribution in [3.63, 3.8) is 0 Å². The number of halogens is 2. The van der Waals surface area contributed by atoms with Gasteiger partial charge in [0.1, 0.15) is 0 Å². The summed E-state index contributed by atoms with van der Waals surface area (Å²) in [6.07, 6.45) is 0. The van der Waals surface area contributed by atoms with E-state index in [2.05, 4.69) is 9.31 Å². The van der Waals surface area contributed by atoms with Gasteiger partial charge in [0.25, 0.3) is 0 Å². The molecule has 0 spiro atoms. The molecule has 1 aliphatic heterocycles. The lowest BCUT2D eigenvalue weighted by molar-refractivity contribution is -0.186. The van der Waals surface area contributed by atoms with Crippen molar-refractivity contribution in [3.05, 3.63) is 0 Å². The van der Waals surface area contributed by atoms with Crippen LogP contribution in [-0.2, 0) is 18.9 Å². The Morgan fingerprint density at radius 2 is 1.60 bits per heavy atom. The van der Waals surface area contributed by atoms with Crippen LogP contribution < -0.4 is 0 Å². The lowest BCUT2D eigenvalue weighted by Crippen LogP contribution is -2.46. The van der Waals surface area contributed by atoms with Crippen LogP contribution in [0.2, 0.25) is 0 Å². The molecule has 0 amide bonds. The van der Waals surface area contributed by atoms with Crippen molar-refractivity contribution in [1.29, 1.82) is 0 Å². The Morgan fingerprint density at radius 3 is 1.90 bits per heavy atom. The molecule has 0 aliphatic carbocycles. The van der Waals surface area contributed by atoms with Crippen LogP contribution in [0.5, 0.6) is 0 Å². The Morgan fingerprint density at radius 1 is 1.20 bits per heavy atom. The molecule has 0 saturated carbocycles. The molecule has 1 saturated heterocycles. The second-order valence-corrected chi connectivity index (χ2v) is 1.56. The fourth-order valence-corrected chi connectivity index (χ4v) is 0.401. The van der Waals surface area contributed by atoms with Gasteiger partial charge in [-0.1, -0.05) is 0 Å². The maximum atomic E-state index is 12.0. The maximum absolute atomic E-state index is 12.0. The average molecular weight is 150 g/mol. The van der Waals surface area contributed by atoms with Gasteiger partial charge in [-0.3, -0.25) is 0 Å². The van der Waals surface area contributed by atoms with E-state index in [0.717, 1.165) is 0 Å². The molecule has 0 N–H and O–H groups in total. The Balaban J connectivity index is 2.83. The van der Waals surface area contributed by atoms with E-state index in [0.29, 0.717) is 0 Å². The Bertz CT molecular complexity index is 173. The molecular weight excluding hydrogens is 149 g/mol. The fourth-order valence-electron chi connectivity index (χ4n) is 0.401. The Kier molecular flexibility index (Phi) is 1.35. The van der Waals surface area contributed by atoms with Gasteiger partial charge in [-0.05, 0) is 0 Å². The van der Waals surface area contributed by atoms with Gasteiger partial charge in [0.15, 0.2) is 0 Å². The van der Waals surface area contributed by atoms with Crippen molar-refractivity contribution in [2.24, 2.45) is 0 Å². The number of hydrogen-bond donors (Lipinski definition) is 0. The van der Waals surface area contributed by atoms with Crippen LogP contribution in [-0.4, -0.2) is 25.5 Å². The highest BCUT2D eigenvalue weighted by atomic mass is 19.3. The summed E-state index contributed by atoms with van der Waals surface area (Å²) in [5.41, 5.74) is 0. The molecule has 1 rings (SSSR count). The molecule has 10 heavy (non-hydrogen) atoms. The van der Waals surface area contributed by atoms with E-state index in [1.807, 2.05) is 0 Å². The Hall–Kier alpha value is -1.14. The third-order valence-electron chi connectivity index (χ3n) is 0.893. The number of carbonyl (C=O) groups excluding carboxylic acids is 2. The van der Waals surface area contributed by atoms with Crippen molar-refractivity contribution < 1.29 is 27.7 Å². The number of rotatable bonds is 0. The van der Waals surface area contributed by atoms with E-state index in [1.54, 1.807) is 0 Å². The SMILES string of the molecule is O=C1OBOC(=O)C1(F)F. The van der Waals surface area contributed by atoms with Gasteiger partial charge in [0, 0.05) is 0 Å². The molecule has 1 fully saturated rings. The van der Waals surface area contributed by atoms with Crippen molar-refractivity contribution in [3.8, 4) is 0 Å². The van der Waals surface area contributed by atoms with Crippen molar-refractivity contribution in [1.82, 2.24) is 0 Å². The monoisotopic (exact) mass is 150 g/mol. The lowest BCUT2D eigenvalue weighted by Gasteiger charge is -2.18. The molecule has 0 unspecified atom stereocenters. The fraction of sp³-hybridized carbons (Fsp3) is 0.333. The van der Waals surface area contributed by atoms with Crippen molar-refractivity contribution >= 4 is 19.6 Å². The number of carbonyl (C=O) groups is 2. The van der Waals surface area contributed by atoms with Gasteiger partial charge in [-0.15, -0.1) is 0 Å². The molecule has 54 valence electrons. The smallest absolute Gasteiger partial charge is 0.497 e. The predicted octanol–water partition coefficient (Wildman–Crippen LogP) is -1.01. The third-order valence-corrected chi connectivity index (χ3v) is 0.893. The molecule has 0 aromatic heterocycles. The maximum Gasteiger partial charge on any atom is 0.580 e. The highest BCUT2D eigenvalue weighted by molar-refractivity contribution is 6.32. The van der Waals surface area contributed by atoms with E-state index >= 15 is 0 Å². The van der Waals surface area contributed by atoms with Crippen molar-refractivity contribution in [2.45, 2.75) is 5.92 Å². The van der Waals surface area contributed by atoms with Crippen LogP contribution in [0.4, 0.5) is 8.78 Å². The summed E-state index contributed by atoms with van der Waals surface area (Å²) < 4.78 is 31.5. The largest absolute Gasteiger partial charge is 0.580 e. The third kappa shape index (κ3) is 0.830. The Labute approximate surface area is 54.4 Å². The van der Waals surface area contributed by atoms with Gasteiger partial charge in [-0.2, -0.15) is 8.78 Å². The molecule has 0 bridgehead atoms. The normalized spacial score (nSPS) is 22.6. The molecule has 0 atom stereocenters. The summed E-state index contributed by atoms with van der Waals surface area (Å²) in [7, 11) is -0.729. The second-order valence-electron chi connectivity index (χ2n) is 1.56. The van der Waals surface area contributed by atoms with Gasteiger partial charge in [-0.25, -0.2) is 9.59 Å². The highest BCUT2D eigenvalue weighted by Gasteiger charge is 2.53. The highest BCUT2D eigenvalue weighted by Crippen LogP contribution is 2.20. The lowest BCUT2D eigenvalue weighted by atomic mass is 10.2. The number of hydrogen-bond acceptors (Lipinski definition) is 4. The zero-order chi connectivity index (χ0) is 7.78. The predicted molar refractivity (Wildman–Crippen MR) is 24.3 cm³/mol. The zero-order valence-corrected chi connectivity index (χ0v) is 4.60. The first-order valence-electron chi connectivity index (χ1n) is 2.27. The van der Waals surface area contributed by atoms with Crippen molar-refractivity contribution in [2.75, 3.05) is 0 Å². The second kappa shape index (κ2) is 1.93. The summed E-state index contributed by atoms with van der Waals surface area (Å²) >= 11 is 0. The van der Waals surface area contributed by atoms with Crippen LogP contribution in [0.25, 0.3) is 0 Å². The van der Waals surface area contributed by atoms with Crippen LogP contribution in [0, 0.1) is 0 Å². The van der Waals surface area contributed by atoms with E-state index in [1.165, 1.54) is 0 Å². The van der Waals surface area contributed by atoms with Crippen LogP contribution in [0.1, 0.15) is 0 Å². The number of alkyl halides is 2. The first-order chi connectivity index (χ1) is 4.55. The summed E-state index contributed by atoms with van der Waals surface area (Å²) in [6, 6.07) is 0. The van der Waals surface area contributed by atoms with E-state index in [9.17, 15) is 18.4 Å². The first-order valence-corrected chi connectivity index (χ1v) is 2.27. The van der Waals surface area contributed by atoms with E-state index in [-0.39, 0.29) is 0 Å². The summed E-state index contributed by atoms with van der Waals surface area (Å²) in [5, 5.41) is 0. The van der Waals surface area contributed by atoms with Gasteiger partial charge >= 0.3 is 25.5 Å². The summed E-state index contributed by atoms with van der Waals surface area (Å²) in [6.45, 7) is 0. The van der Waals surface area contributed by atoms with Gasteiger partial charge in [0.2, 0.25) is 0 Å². The average Bonchev–Trinajstić information content (AvgIpc) is 1.84. The molecule has 0 aromatic rings. The molecular formula is C3HBF2O4.